The number of hydrogen-bond donors (Lipinski definition) is 0. The summed E-state index contributed by atoms with van der Waals surface area (Å²) in [6, 6.07) is 28.6. The van der Waals surface area contributed by atoms with Crippen molar-refractivity contribution in [3.8, 4) is 0 Å². The van der Waals surface area contributed by atoms with Crippen LogP contribution >= 0.6 is 0 Å². The smallest absolute Gasteiger partial charge is 0.100 e. The fourth-order valence-corrected chi connectivity index (χ4v) is 2.33. The molecule has 3 aromatic carbocycles. The normalized spacial score (nSPS) is 10.8. The second kappa shape index (κ2) is 6.72. The molecule has 2 heteroatoms. The van der Waals surface area contributed by atoms with E-state index in [1.165, 1.54) is 5.56 Å². The third kappa shape index (κ3) is 3.23. The van der Waals surface area contributed by atoms with Gasteiger partial charge in [-0.2, -0.15) is 0 Å². The maximum absolute atomic E-state index is 4.60. The minimum absolute atomic E-state index is 0.942. The Labute approximate surface area is 131 Å². The predicted octanol–water partition coefficient (Wildman–Crippen LogP) is 5.49. The van der Waals surface area contributed by atoms with Crippen LogP contribution in [0.5, 0.6) is 0 Å². The van der Waals surface area contributed by atoms with Crippen molar-refractivity contribution in [3.05, 3.63) is 90.5 Å². The molecule has 0 spiro atoms. The van der Waals surface area contributed by atoms with Crippen LogP contribution in [0.15, 0.2) is 89.9 Å². The summed E-state index contributed by atoms with van der Waals surface area (Å²) in [6.07, 6.45) is 1.88. The van der Waals surface area contributed by atoms with Crippen LogP contribution in [0, 0.1) is 6.92 Å². The minimum atomic E-state index is 0.942. The highest BCUT2D eigenvalue weighted by Gasteiger charge is 2.08. The molecule has 0 atom stereocenters. The van der Waals surface area contributed by atoms with Gasteiger partial charge in [-0.25, -0.2) is 4.99 Å². The summed E-state index contributed by atoms with van der Waals surface area (Å²) in [5.74, 6) is 0. The molecule has 0 radical (unpaired) electrons. The van der Waals surface area contributed by atoms with Gasteiger partial charge in [-0.1, -0.05) is 54.6 Å². The third-order valence-corrected chi connectivity index (χ3v) is 3.49. The lowest BCUT2D eigenvalue weighted by Crippen LogP contribution is -2.15. The SMILES string of the molecule is Cc1ccccc1N(C=Nc1ccccc1)c1ccccc1. The number of aliphatic imine (C=N–C) groups is 1. The zero-order valence-electron chi connectivity index (χ0n) is 12.6. The van der Waals surface area contributed by atoms with Gasteiger partial charge in [0.2, 0.25) is 0 Å². The molecule has 0 bridgehead atoms. The van der Waals surface area contributed by atoms with Gasteiger partial charge in [0.1, 0.15) is 6.34 Å². The zero-order valence-corrected chi connectivity index (χ0v) is 12.6. The zero-order chi connectivity index (χ0) is 15.2. The number of anilines is 2. The largest absolute Gasteiger partial charge is 0.301 e. The van der Waals surface area contributed by atoms with E-state index in [-0.39, 0.29) is 0 Å². The van der Waals surface area contributed by atoms with E-state index in [1.54, 1.807) is 0 Å². The maximum atomic E-state index is 4.60. The summed E-state index contributed by atoms with van der Waals surface area (Å²) in [6.45, 7) is 2.11. The van der Waals surface area contributed by atoms with Gasteiger partial charge in [-0.3, -0.25) is 0 Å². The predicted molar refractivity (Wildman–Crippen MR) is 94.4 cm³/mol. The van der Waals surface area contributed by atoms with Crippen LogP contribution in [-0.4, -0.2) is 6.34 Å². The molecule has 22 heavy (non-hydrogen) atoms. The molecule has 0 N–H and O–H groups in total. The van der Waals surface area contributed by atoms with E-state index >= 15 is 0 Å². The molecule has 0 saturated heterocycles. The van der Waals surface area contributed by atoms with Crippen LogP contribution in [-0.2, 0) is 0 Å². The number of hydrogen-bond acceptors (Lipinski definition) is 1. The Balaban J connectivity index is 2.01. The van der Waals surface area contributed by atoms with Crippen LogP contribution in [0.2, 0.25) is 0 Å². The van der Waals surface area contributed by atoms with Crippen molar-refractivity contribution < 1.29 is 0 Å². The van der Waals surface area contributed by atoms with E-state index in [0.29, 0.717) is 0 Å². The number of nitrogens with zero attached hydrogens (tertiary/aromatic N) is 2. The average Bonchev–Trinajstić information content (AvgIpc) is 2.58. The molecular formula is C20H18N2. The molecule has 0 aliphatic carbocycles. The Morgan fingerprint density at radius 1 is 0.727 bits per heavy atom. The third-order valence-electron chi connectivity index (χ3n) is 3.49. The molecule has 108 valence electrons. The Hall–Kier alpha value is -2.87. The Kier molecular flexibility index (Phi) is 4.30. The van der Waals surface area contributed by atoms with Gasteiger partial charge in [-0.05, 0) is 42.8 Å². The first-order valence-corrected chi connectivity index (χ1v) is 7.34. The van der Waals surface area contributed by atoms with Crippen LogP contribution in [0.3, 0.4) is 0 Å². The van der Waals surface area contributed by atoms with Crippen LogP contribution in [0.4, 0.5) is 17.1 Å². The highest BCUT2D eigenvalue weighted by atomic mass is 15.2. The van der Waals surface area contributed by atoms with Crippen molar-refractivity contribution in [2.75, 3.05) is 4.90 Å². The fraction of sp³-hybridized carbons (Fsp3) is 0.0500. The summed E-state index contributed by atoms with van der Waals surface area (Å²) in [5.41, 5.74) is 4.38. The van der Waals surface area contributed by atoms with E-state index in [2.05, 4.69) is 53.2 Å². The molecular weight excluding hydrogens is 268 g/mol. The van der Waals surface area contributed by atoms with Gasteiger partial charge in [0.25, 0.3) is 0 Å². The highest BCUT2D eigenvalue weighted by Crippen LogP contribution is 2.27. The van der Waals surface area contributed by atoms with E-state index in [4.69, 9.17) is 0 Å². The van der Waals surface area contributed by atoms with Crippen LogP contribution in [0.1, 0.15) is 5.56 Å². The van der Waals surface area contributed by atoms with Crippen molar-refractivity contribution >= 4 is 23.4 Å². The molecule has 0 heterocycles. The first-order chi connectivity index (χ1) is 10.8. The number of para-hydroxylation sites is 3. The van der Waals surface area contributed by atoms with Crippen LogP contribution in [0.25, 0.3) is 0 Å². The van der Waals surface area contributed by atoms with Crippen molar-refractivity contribution in [2.24, 2.45) is 4.99 Å². The van der Waals surface area contributed by atoms with E-state index in [0.717, 1.165) is 17.1 Å². The van der Waals surface area contributed by atoms with E-state index in [9.17, 15) is 0 Å². The summed E-state index contributed by atoms with van der Waals surface area (Å²) in [5, 5.41) is 0. The Bertz CT molecular complexity index is 749. The quantitative estimate of drug-likeness (QED) is 0.457. The second-order valence-electron chi connectivity index (χ2n) is 5.07. The van der Waals surface area contributed by atoms with Gasteiger partial charge in [0.15, 0.2) is 0 Å². The summed E-state index contributed by atoms with van der Waals surface area (Å²) < 4.78 is 0. The van der Waals surface area contributed by atoms with Gasteiger partial charge in [-0.15, -0.1) is 0 Å². The molecule has 3 aromatic rings. The first-order valence-electron chi connectivity index (χ1n) is 7.34. The molecule has 0 unspecified atom stereocenters. The molecule has 2 nitrogen and oxygen atoms in total. The molecule has 0 amide bonds. The van der Waals surface area contributed by atoms with Crippen molar-refractivity contribution in [1.29, 1.82) is 0 Å². The van der Waals surface area contributed by atoms with E-state index < -0.39 is 0 Å². The molecule has 0 aliphatic rings. The topological polar surface area (TPSA) is 15.6 Å². The lowest BCUT2D eigenvalue weighted by Gasteiger charge is -2.21. The highest BCUT2D eigenvalue weighted by molar-refractivity contribution is 5.91. The Morgan fingerprint density at radius 2 is 1.32 bits per heavy atom. The number of benzene rings is 3. The molecule has 0 saturated carbocycles. The van der Waals surface area contributed by atoms with Crippen molar-refractivity contribution in [1.82, 2.24) is 0 Å². The molecule has 0 aliphatic heterocycles. The summed E-state index contributed by atoms with van der Waals surface area (Å²) >= 11 is 0. The number of rotatable bonds is 4. The molecule has 0 aromatic heterocycles. The monoisotopic (exact) mass is 286 g/mol. The Morgan fingerprint density at radius 3 is 2.00 bits per heavy atom. The maximum Gasteiger partial charge on any atom is 0.100 e. The lowest BCUT2D eigenvalue weighted by molar-refractivity contribution is 1.31. The minimum Gasteiger partial charge on any atom is -0.301 e. The standard InChI is InChI=1S/C20H18N2/c1-17-10-8-9-15-20(17)22(19-13-6-3-7-14-19)16-21-18-11-4-2-5-12-18/h2-16H,1H3. The molecule has 3 rings (SSSR count). The lowest BCUT2D eigenvalue weighted by atomic mass is 10.1. The number of aryl methyl sites for hydroxylation is 1. The molecule has 0 fully saturated rings. The van der Waals surface area contributed by atoms with Crippen molar-refractivity contribution in [2.45, 2.75) is 6.92 Å². The van der Waals surface area contributed by atoms with Gasteiger partial charge >= 0.3 is 0 Å². The summed E-state index contributed by atoms with van der Waals surface area (Å²) in [4.78, 5) is 6.71. The van der Waals surface area contributed by atoms with Crippen molar-refractivity contribution in [3.63, 3.8) is 0 Å². The summed E-state index contributed by atoms with van der Waals surface area (Å²) in [7, 11) is 0. The first kappa shape index (κ1) is 14.1. The fourth-order valence-electron chi connectivity index (χ4n) is 2.33. The van der Waals surface area contributed by atoms with Gasteiger partial charge in [0.05, 0.1) is 5.69 Å². The van der Waals surface area contributed by atoms with Gasteiger partial charge < -0.3 is 4.90 Å². The van der Waals surface area contributed by atoms with Crippen LogP contribution < -0.4 is 4.90 Å². The van der Waals surface area contributed by atoms with Gasteiger partial charge in [0, 0.05) is 11.4 Å². The van der Waals surface area contributed by atoms with E-state index in [1.807, 2.05) is 54.9 Å². The second-order valence-corrected chi connectivity index (χ2v) is 5.07. The average molecular weight is 286 g/mol.